The Kier molecular flexibility index (Phi) is 5.52. The molecule has 0 unspecified atom stereocenters. The van der Waals surface area contributed by atoms with Gasteiger partial charge < -0.3 is 14.8 Å². The van der Waals surface area contributed by atoms with E-state index in [0.717, 1.165) is 23.2 Å². The molecule has 25 heavy (non-hydrogen) atoms. The van der Waals surface area contributed by atoms with Crippen LogP contribution in [0.4, 0.5) is 5.69 Å². The van der Waals surface area contributed by atoms with Crippen LogP contribution in [0, 0.1) is 0 Å². The molecule has 1 N–H and O–H groups in total. The first-order valence-electron chi connectivity index (χ1n) is 8.31. The van der Waals surface area contributed by atoms with Gasteiger partial charge in [0.2, 0.25) is 0 Å². The molecule has 0 spiro atoms. The maximum absolute atomic E-state index is 11.7. The molecule has 0 fully saturated rings. The van der Waals surface area contributed by atoms with Gasteiger partial charge in [-0.1, -0.05) is 48.5 Å². The third-order valence-electron chi connectivity index (χ3n) is 3.98. The number of nitrogens with one attached hydrogen (secondary N) is 1. The van der Waals surface area contributed by atoms with Crippen molar-refractivity contribution in [3.05, 3.63) is 72.3 Å². The largest absolute Gasteiger partial charge is 0.493 e. The summed E-state index contributed by atoms with van der Waals surface area (Å²) in [6, 6.07) is 21.6. The summed E-state index contributed by atoms with van der Waals surface area (Å²) in [6.45, 7) is 1.31. The maximum Gasteiger partial charge on any atom is 0.339 e. The number of rotatable bonds is 7. The lowest BCUT2D eigenvalue weighted by molar-refractivity contribution is 0.0602. The Morgan fingerprint density at radius 1 is 0.960 bits per heavy atom. The maximum atomic E-state index is 11.7. The van der Waals surface area contributed by atoms with Crippen LogP contribution in [0.1, 0.15) is 16.8 Å². The van der Waals surface area contributed by atoms with E-state index in [1.54, 1.807) is 6.07 Å². The molecule has 0 aliphatic heterocycles. The SMILES string of the molecule is COC(=O)c1ccccc1NCCCOc1cccc2ccccc12. The Hall–Kier alpha value is -3.01. The minimum absolute atomic E-state index is 0.338. The van der Waals surface area contributed by atoms with E-state index in [4.69, 9.17) is 9.47 Å². The molecule has 0 bridgehead atoms. The molecular weight excluding hydrogens is 314 g/mol. The van der Waals surface area contributed by atoms with Crippen molar-refractivity contribution < 1.29 is 14.3 Å². The molecule has 0 saturated heterocycles. The molecule has 3 aromatic carbocycles. The van der Waals surface area contributed by atoms with Gasteiger partial charge in [-0.25, -0.2) is 4.79 Å². The van der Waals surface area contributed by atoms with Gasteiger partial charge in [-0.15, -0.1) is 0 Å². The number of benzene rings is 3. The van der Waals surface area contributed by atoms with Crippen LogP contribution in [0.15, 0.2) is 66.7 Å². The van der Waals surface area contributed by atoms with Crippen LogP contribution in [-0.4, -0.2) is 26.2 Å². The number of hydrogen-bond acceptors (Lipinski definition) is 4. The van der Waals surface area contributed by atoms with Crippen LogP contribution in [0.5, 0.6) is 5.75 Å². The van der Waals surface area contributed by atoms with E-state index in [-0.39, 0.29) is 5.97 Å². The summed E-state index contributed by atoms with van der Waals surface area (Å²) < 4.78 is 10.7. The number of fused-ring (bicyclic) bond motifs is 1. The average Bonchev–Trinajstić information content (AvgIpc) is 2.67. The number of carbonyl (C=O) groups excluding carboxylic acids is 1. The standard InChI is InChI=1S/C21H21NO3/c1-24-21(23)18-11-4-5-12-19(18)22-14-7-15-25-20-13-6-9-16-8-2-3-10-17(16)20/h2-6,8-13,22H,7,14-15H2,1H3. The van der Waals surface area contributed by atoms with Gasteiger partial charge in [0.15, 0.2) is 0 Å². The molecule has 3 rings (SSSR count). The number of esters is 1. The highest BCUT2D eigenvalue weighted by Gasteiger charge is 2.10. The highest BCUT2D eigenvalue weighted by atomic mass is 16.5. The Morgan fingerprint density at radius 3 is 2.60 bits per heavy atom. The summed E-state index contributed by atoms with van der Waals surface area (Å²) in [5.74, 6) is 0.558. The fourth-order valence-corrected chi connectivity index (χ4v) is 2.72. The number of ether oxygens (including phenoxy) is 2. The van der Waals surface area contributed by atoms with Crippen molar-refractivity contribution in [2.24, 2.45) is 0 Å². The first-order chi connectivity index (χ1) is 12.3. The normalized spacial score (nSPS) is 10.4. The van der Waals surface area contributed by atoms with Gasteiger partial charge in [0.1, 0.15) is 5.75 Å². The van der Waals surface area contributed by atoms with Gasteiger partial charge >= 0.3 is 5.97 Å². The first-order valence-corrected chi connectivity index (χ1v) is 8.31. The Balaban J connectivity index is 1.53. The van der Waals surface area contributed by atoms with E-state index in [1.807, 2.05) is 42.5 Å². The lowest BCUT2D eigenvalue weighted by atomic mass is 10.1. The van der Waals surface area contributed by atoms with E-state index in [2.05, 4.69) is 23.5 Å². The van der Waals surface area contributed by atoms with Gasteiger partial charge in [-0.2, -0.15) is 0 Å². The van der Waals surface area contributed by atoms with Crippen LogP contribution in [-0.2, 0) is 4.74 Å². The van der Waals surface area contributed by atoms with Crippen LogP contribution in [0.2, 0.25) is 0 Å². The van der Waals surface area contributed by atoms with E-state index in [9.17, 15) is 4.79 Å². The number of hydrogen-bond donors (Lipinski definition) is 1. The van der Waals surface area contributed by atoms with Crippen LogP contribution in [0.3, 0.4) is 0 Å². The van der Waals surface area contributed by atoms with Gasteiger partial charge in [-0.05, 0) is 30.0 Å². The predicted octanol–water partition coefficient (Wildman–Crippen LogP) is 4.51. The molecule has 0 amide bonds. The highest BCUT2D eigenvalue weighted by Crippen LogP contribution is 2.25. The second-order valence-electron chi connectivity index (χ2n) is 5.64. The molecule has 0 radical (unpaired) electrons. The smallest absolute Gasteiger partial charge is 0.339 e. The molecule has 0 heterocycles. The van der Waals surface area contributed by atoms with E-state index < -0.39 is 0 Å². The third kappa shape index (κ3) is 4.10. The second-order valence-corrected chi connectivity index (χ2v) is 5.64. The second kappa shape index (κ2) is 8.20. The third-order valence-corrected chi connectivity index (χ3v) is 3.98. The molecule has 0 aliphatic rings. The van der Waals surface area contributed by atoms with Crippen molar-refractivity contribution in [1.82, 2.24) is 0 Å². The molecule has 3 aromatic rings. The summed E-state index contributed by atoms with van der Waals surface area (Å²) in [7, 11) is 1.39. The molecular formula is C21H21NO3. The Bertz CT molecular complexity index is 855. The summed E-state index contributed by atoms with van der Waals surface area (Å²) in [6.07, 6.45) is 0.818. The topological polar surface area (TPSA) is 47.6 Å². The molecule has 4 heteroatoms. The number of anilines is 1. The lowest BCUT2D eigenvalue weighted by Crippen LogP contribution is -2.11. The van der Waals surface area contributed by atoms with Crippen molar-refractivity contribution in [3.63, 3.8) is 0 Å². The summed E-state index contributed by atoms with van der Waals surface area (Å²) in [5.41, 5.74) is 1.32. The molecule has 4 nitrogen and oxygen atoms in total. The lowest BCUT2D eigenvalue weighted by Gasteiger charge is -2.12. The van der Waals surface area contributed by atoms with E-state index in [1.165, 1.54) is 12.5 Å². The van der Waals surface area contributed by atoms with Gasteiger partial charge in [0.05, 0.1) is 19.3 Å². The van der Waals surface area contributed by atoms with E-state index in [0.29, 0.717) is 18.7 Å². The summed E-state index contributed by atoms with van der Waals surface area (Å²) in [4.78, 5) is 11.7. The quantitative estimate of drug-likeness (QED) is 0.510. The fourth-order valence-electron chi connectivity index (χ4n) is 2.72. The fraction of sp³-hybridized carbons (Fsp3) is 0.190. The minimum Gasteiger partial charge on any atom is -0.493 e. The Morgan fingerprint density at radius 2 is 1.72 bits per heavy atom. The van der Waals surface area contributed by atoms with Crippen molar-refractivity contribution in [3.8, 4) is 5.75 Å². The molecule has 0 aromatic heterocycles. The van der Waals surface area contributed by atoms with Gasteiger partial charge in [-0.3, -0.25) is 0 Å². The van der Waals surface area contributed by atoms with Crippen molar-refractivity contribution in [2.75, 3.05) is 25.6 Å². The predicted molar refractivity (Wildman–Crippen MR) is 100 cm³/mol. The highest BCUT2D eigenvalue weighted by molar-refractivity contribution is 5.95. The zero-order valence-electron chi connectivity index (χ0n) is 14.2. The molecule has 0 atom stereocenters. The summed E-state index contributed by atoms with van der Waals surface area (Å²) in [5, 5.41) is 5.56. The number of methoxy groups -OCH3 is 1. The molecule has 0 aliphatic carbocycles. The monoisotopic (exact) mass is 335 g/mol. The van der Waals surface area contributed by atoms with Gasteiger partial charge in [0.25, 0.3) is 0 Å². The molecule has 0 saturated carbocycles. The number of carbonyl (C=O) groups is 1. The van der Waals surface area contributed by atoms with Crippen molar-refractivity contribution in [2.45, 2.75) is 6.42 Å². The minimum atomic E-state index is -0.338. The van der Waals surface area contributed by atoms with Gasteiger partial charge in [0, 0.05) is 17.6 Å². The van der Waals surface area contributed by atoms with Crippen molar-refractivity contribution in [1.29, 1.82) is 0 Å². The van der Waals surface area contributed by atoms with E-state index >= 15 is 0 Å². The number of para-hydroxylation sites is 1. The zero-order chi connectivity index (χ0) is 17.5. The zero-order valence-corrected chi connectivity index (χ0v) is 14.2. The van der Waals surface area contributed by atoms with Crippen LogP contribution < -0.4 is 10.1 Å². The summed E-state index contributed by atoms with van der Waals surface area (Å²) >= 11 is 0. The van der Waals surface area contributed by atoms with Crippen molar-refractivity contribution >= 4 is 22.4 Å². The Labute approximate surface area is 147 Å². The average molecular weight is 335 g/mol. The van der Waals surface area contributed by atoms with Crippen LogP contribution >= 0.6 is 0 Å². The molecule has 128 valence electrons. The van der Waals surface area contributed by atoms with Crippen LogP contribution in [0.25, 0.3) is 10.8 Å². The first kappa shape index (κ1) is 16.8.